The molecule has 0 saturated carbocycles. The van der Waals surface area contributed by atoms with E-state index in [4.69, 9.17) is 15.9 Å². The molecule has 2 atom stereocenters. The van der Waals surface area contributed by atoms with Crippen LogP contribution in [-0.2, 0) is 4.79 Å². The van der Waals surface area contributed by atoms with Crippen molar-refractivity contribution >= 4 is 5.97 Å². The second-order valence-electron chi connectivity index (χ2n) is 2.95. The van der Waals surface area contributed by atoms with E-state index < -0.39 is 17.5 Å². The number of rotatable bonds is 4. The summed E-state index contributed by atoms with van der Waals surface area (Å²) in [5, 5.41) is 17.6. The Kier molecular flexibility index (Phi) is 3.48. The Bertz CT molecular complexity index is 143. The molecule has 0 rings (SSSR count). The van der Waals surface area contributed by atoms with E-state index in [1.54, 1.807) is 13.8 Å². The highest BCUT2D eigenvalue weighted by molar-refractivity contribution is 5.73. The van der Waals surface area contributed by atoms with Crippen LogP contribution in [0.15, 0.2) is 0 Å². The number of aliphatic hydroxyl groups is 1. The number of aliphatic hydroxyl groups excluding tert-OH is 1. The van der Waals surface area contributed by atoms with Crippen LogP contribution in [-0.4, -0.2) is 28.8 Å². The van der Waals surface area contributed by atoms with Gasteiger partial charge in [0.05, 0.1) is 0 Å². The molecule has 0 bridgehead atoms. The molecule has 0 aromatic heterocycles. The summed E-state index contributed by atoms with van der Waals surface area (Å²) in [6.07, 6.45) is -0.811. The van der Waals surface area contributed by atoms with Gasteiger partial charge in [-0.25, -0.2) is 4.79 Å². The number of carbonyl (C=O) groups is 1. The normalized spacial score (nSPS) is 18.9. The highest BCUT2D eigenvalue weighted by Gasteiger charge is 2.34. The molecule has 0 aliphatic heterocycles. The Morgan fingerprint density at radius 2 is 2.18 bits per heavy atom. The number of carboxylic acid groups (broad SMARTS) is 1. The van der Waals surface area contributed by atoms with E-state index in [0.29, 0.717) is 6.42 Å². The average Bonchev–Trinajstić information content (AvgIpc) is 2.01. The van der Waals surface area contributed by atoms with Crippen molar-refractivity contribution in [1.82, 2.24) is 0 Å². The average molecular weight is 161 g/mol. The summed E-state index contributed by atoms with van der Waals surface area (Å²) in [6.45, 7) is 3.64. The van der Waals surface area contributed by atoms with Crippen LogP contribution < -0.4 is 5.73 Å². The van der Waals surface area contributed by atoms with Gasteiger partial charge >= 0.3 is 5.97 Å². The summed E-state index contributed by atoms with van der Waals surface area (Å²) < 4.78 is 0. The van der Waals surface area contributed by atoms with E-state index in [1.165, 1.54) is 0 Å². The molecule has 0 radical (unpaired) electrons. The van der Waals surface area contributed by atoms with Crippen molar-refractivity contribution in [2.24, 2.45) is 11.1 Å². The lowest BCUT2D eigenvalue weighted by molar-refractivity contribution is -0.153. The second kappa shape index (κ2) is 3.69. The predicted octanol–water partition coefficient (Wildman–Crippen LogP) is -0.193. The minimum atomic E-state index is -1.36. The van der Waals surface area contributed by atoms with E-state index in [0.717, 1.165) is 0 Å². The van der Waals surface area contributed by atoms with Gasteiger partial charge in [0.15, 0.2) is 6.10 Å². The van der Waals surface area contributed by atoms with Crippen LogP contribution in [0.1, 0.15) is 20.3 Å². The van der Waals surface area contributed by atoms with Crippen molar-refractivity contribution in [3.05, 3.63) is 0 Å². The third-order valence-electron chi connectivity index (χ3n) is 2.17. The lowest BCUT2D eigenvalue weighted by Gasteiger charge is -2.28. The highest BCUT2D eigenvalue weighted by atomic mass is 16.4. The molecule has 4 nitrogen and oxygen atoms in total. The summed E-state index contributed by atoms with van der Waals surface area (Å²) in [5.74, 6) is -1.21. The van der Waals surface area contributed by atoms with Gasteiger partial charge in [-0.2, -0.15) is 0 Å². The summed E-state index contributed by atoms with van der Waals surface area (Å²) in [5.41, 5.74) is 4.63. The molecule has 0 aliphatic rings. The second-order valence-corrected chi connectivity index (χ2v) is 2.95. The molecule has 0 aromatic carbocycles. The maximum Gasteiger partial charge on any atom is 0.333 e. The van der Waals surface area contributed by atoms with Crippen molar-refractivity contribution < 1.29 is 15.0 Å². The third-order valence-corrected chi connectivity index (χ3v) is 2.17. The predicted molar refractivity (Wildman–Crippen MR) is 41.1 cm³/mol. The van der Waals surface area contributed by atoms with Crippen molar-refractivity contribution in [3.63, 3.8) is 0 Å². The zero-order chi connectivity index (χ0) is 9.07. The van der Waals surface area contributed by atoms with Gasteiger partial charge in [0.2, 0.25) is 0 Å². The Morgan fingerprint density at radius 3 is 2.27 bits per heavy atom. The Morgan fingerprint density at radius 1 is 1.73 bits per heavy atom. The van der Waals surface area contributed by atoms with Gasteiger partial charge < -0.3 is 15.9 Å². The van der Waals surface area contributed by atoms with Crippen LogP contribution in [0.5, 0.6) is 0 Å². The van der Waals surface area contributed by atoms with Crippen molar-refractivity contribution in [1.29, 1.82) is 0 Å². The molecule has 0 saturated heterocycles. The number of carboxylic acids is 1. The van der Waals surface area contributed by atoms with Gasteiger partial charge in [-0.05, 0) is 6.42 Å². The molecule has 11 heavy (non-hydrogen) atoms. The van der Waals surface area contributed by atoms with Gasteiger partial charge in [-0.3, -0.25) is 0 Å². The minimum absolute atomic E-state index is 0.178. The first-order valence-corrected chi connectivity index (χ1v) is 3.59. The van der Waals surface area contributed by atoms with Gasteiger partial charge in [0.25, 0.3) is 0 Å². The molecule has 0 spiro atoms. The maximum absolute atomic E-state index is 10.4. The molecule has 4 heteroatoms. The molecule has 0 fully saturated rings. The number of hydrogen-bond donors (Lipinski definition) is 3. The van der Waals surface area contributed by atoms with Gasteiger partial charge in [0, 0.05) is 12.0 Å². The molecule has 0 amide bonds. The van der Waals surface area contributed by atoms with E-state index in [-0.39, 0.29) is 6.54 Å². The first kappa shape index (κ1) is 10.4. The quantitative estimate of drug-likeness (QED) is 0.533. The van der Waals surface area contributed by atoms with E-state index in [1.807, 2.05) is 0 Å². The number of nitrogens with two attached hydrogens (primary N) is 1. The zero-order valence-corrected chi connectivity index (χ0v) is 6.87. The van der Waals surface area contributed by atoms with Crippen LogP contribution in [0.4, 0.5) is 0 Å². The topological polar surface area (TPSA) is 83.5 Å². The number of hydrogen-bond acceptors (Lipinski definition) is 3. The summed E-state index contributed by atoms with van der Waals surface area (Å²) in [4.78, 5) is 10.4. The molecule has 2 unspecified atom stereocenters. The summed E-state index contributed by atoms with van der Waals surface area (Å²) >= 11 is 0. The monoisotopic (exact) mass is 161 g/mol. The van der Waals surface area contributed by atoms with Crippen LogP contribution >= 0.6 is 0 Å². The fraction of sp³-hybridized carbons (Fsp3) is 0.857. The lowest BCUT2D eigenvalue weighted by Crippen LogP contribution is -2.43. The molecular weight excluding hydrogens is 146 g/mol. The van der Waals surface area contributed by atoms with Crippen molar-refractivity contribution in [2.75, 3.05) is 6.54 Å². The summed E-state index contributed by atoms with van der Waals surface area (Å²) in [7, 11) is 0. The first-order valence-electron chi connectivity index (χ1n) is 3.59. The van der Waals surface area contributed by atoms with Gasteiger partial charge in [-0.1, -0.05) is 13.8 Å². The number of aliphatic carboxylic acids is 1. The van der Waals surface area contributed by atoms with Crippen molar-refractivity contribution in [2.45, 2.75) is 26.4 Å². The summed E-state index contributed by atoms with van der Waals surface area (Å²) in [6, 6.07) is 0. The third kappa shape index (κ3) is 2.17. The van der Waals surface area contributed by atoms with Crippen LogP contribution in [0.25, 0.3) is 0 Å². The minimum Gasteiger partial charge on any atom is -0.479 e. The Labute approximate surface area is 66.0 Å². The molecule has 4 N–H and O–H groups in total. The van der Waals surface area contributed by atoms with Crippen LogP contribution in [0, 0.1) is 5.41 Å². The largest absolute Gasteiger partial charge is 0.479 e. The lowest BCUT2D eigenvalue weighted by atomic mass is 9.82. The van der Waals surface area contributed by atoms with Gasteiger partial charge in [0.1, 0.15) is 0 Å². The molecule has 0 aromatic rings. The molecular formula is C7H15NO3. The molecule has 66 valence electrons. The first-order chi connectivity index (χ1) is 4.98. The fourth-order valence-electron chi connectivity index (χ4n) is 0.747. The Hall–Kier alpha value is -0.610. The van der Waals surface area contributed by atoms with Gasteiger partial charge in [-0.15, -0.1) is 0 Å². The standard InChI is InChI=1S/C7H15NO3/c1-3-7(2,4-8)5(9)6(10)11/h5,9H,3-4,8H2,1-2H3,(H,10,11). The molecule has 0 heterocycles. The van der Waals surface area contributed by atoms with E-state index in [2.05, 4.69) is 0 Å². The van der Waals surface area contributed by atoms with Crippen LogP contribution in [0.3, 0.4) is 0 Å². The van der Waals surface area contributed by atoms with E-state index >= 15 is 0 Å². The smallest absolute Gasteiger partial charge is 0.333 e. The SMILES string of the molecule is CCC(C)(CN)C(O)C(=O)O. The fourth-order valence-corrected chi connectivity index (χ4v) is 0.747. The Balaban J connectivity index is 4.36. The van der Waals surface area contributed by atoms with Crippen molar-refractivity contribution in [3.8, 4) is 0 Å². The highest BCUT2D eigenvalue weighted by Crippen LogP contribution is 2.24. The van der Waals surface area contributed by atoms with E-state index in [9.17, 15) is 4.79 Å². The zero-order valence-electron chi connectivity index (χ0n) is 6.87. The van der Waals surface area contributed by atoms with Crippen LogP contribution in [0.2, 0.25) is 0 Å². The molecule has 0 aliphatic carbocycles. The maximum atomic E-state index is 10.4.